The van der Waals surface area contributed by atoms with Crippen molar-refractivity contribution >= 4 is 5.69 Å². The Balaban J connectivity index is 1.99. The van der Waals surface area contributed by atoms with Crippen molar-refractivity contribution in [2.24, 2.45) is 0 Å². The van der Waals surface area contributed by atoms with Gasteiger partial charge >= 0.3 is 5.69 Å². The number of aromatic amines is 2. The molecule has 0 bridgehead atoms. The topological polar surface area (TPSA) is 87.6 Å². The number of nitrogens with zero attached hydrogens (tertiary/aromatic N) is 1. The van der Waals surface area contributed by atoms with Crippen LogP contribution in [0.1, 0.15) is 11.4 Å². The van der Waals surface area contributed by atoms with Gasteiger partial charge < -0.3 is 5.73 Å². The van der Waals surface area contributed by atoms with E-state index in [0.29, 0.717) is 12.2 Å². The maximum absolute atomic E-state index is 10.8. The summed E-state index contributed by atoms with van der Waals surface area (Å²) in [7, 11) is 0. The molecule has 0 aliphatic rings. The van der Waals surface area contributed by atoms with Gasteiger partial charge in [-0.15, -0.1) is 0 Å². The molecule has 0 aliphatic carbocycles. The number of nitrogens with two attached hydrogens (primary N) is 1. The lowest BCUT2D eigenvalue weighted by Crippen LogP contribution is -2.01. The largest absolute Gasteiger partial charge is 0.399 e. The Bertz CT molecular complexity index is 483. The molecule has 1 aromatic carbocycles. The number of hydrogen-bond acceptors (Lipinski definition) is 3. The summed E-state index contributed by atoms with van der Waals surface area (Å²) in [4.78, 5) is 13.4. The van der Waals surface area contributed by atoms with Gasteiger partial charge in [0.2, 0.25) is 0 Å². The first-order valence-electron chi connectivity index (χ1n) is 4.72. The quantitative estimate of drug-likeness (QED) is 0.635. The van der Waals surface area contributed by atoms with Crippen molar-refractivity contribution in [2.45, 2.75) is 12.8 Å². The Kier molecular flexibility index (Phi) is 2.53. The number of benzene rings is 1. The second kappa shape index (κ2) is 4.00. The first-order valence-corrected chi connectivity index (χ1v) is 4.72. The second-order valence-corrected chi connectivity index (χ2v) is 3.37. The predicted octanol–water partition coefficient (Wildman–Crippen LogP) is 0.465. The van der Waals surface area contributed by atoms with Crippen LogP contribution in [0.5, 0.6) is 0 Å². The molecule has 5 heteroatoms. The fraction of sp³-hybridized carbons (Fsp3) is 0.200. The Morgan fingerprint density at radius 3 is 2.53 bits per heavy atom. The summed E-state index contributed by atoms with van der Waals surface area (Å²) in [5, 5.41) is 6.16. The molecule has 0 spiro atoms. The molecule has 0 unspecified atom stereocenters. The van der Waals surface area contributed by atoms with E-state index in [1.165, 1.54) is 5.56 Å². The smallest absolute Gasteiger partial charge is 0.340 e. The molecule has 4 N–H and O–H groups in total. The van der Waals surface area contributed by atoms with Gasteiger partial charge in [0.15, 0.2) is 0 Å². The molecule has 0 saturated carbocycles. The fourth-order valence-corrected chi connectivity index (χ4v) is 1.37. The Morgan fingerprint density at radius 2 is 1.93 bits per heavy atom. The number of rotatable bonds is 3. The van der Waals surface area contributed by atoms with Crippen molar-refractivity contribution in [2.75, 3.05) is 5.73 Å². The monoisotopic (exact) mass is 204 g/mol. The average molecular weight is 204 g/mol. The molecule has 78 valence electrons. The van der Waals surface area contributed by atoms with Gasteiger partial charge in [-0.2, -0.15) is 5.10 Å². The second-order valence-electron chi connectivity index (χ2n) is 3.37. The van der Waals surface area contributed by atoms with Gasteiger partial charge in [-0.25, -0.2) is 9.89 Å². The van der Waals surface area contributed by atoms with E-state index in [-0.39, 0.29) is 5.69 Å². The van der Waals surface area contributed by atoms with Crippen LogP contribution < -0.4 is 11.4 Å². The van der Waals surface area contributed by atoms with Gasteiger partial charge in [0.05, 0.1) is 0 Å². The van der Waals surface area contributed by atoms with Crippen LogP contribution >= 0.6 is 0 Å². The standard InChI is InChI=1S/C10H12N4O/c11-8-4-1-7(2-5-8)3-6-9-12-10(15)14-13-9/h1-2,4-5H,3,6,11H2,(H2,12,13,14,15). The van der Waals surface area contributed by atoms with E-state index in [4.69, 9.17) is 5.73 Å². The van der Waals surface area contributed by atoms with Crippen LogP contribution in [-0.2, 0) is 12.8 Å². The molecular weight excluding hydrogens is 192 g/mol. The zero-order valence-corrected chi connectivity index (χ0v) is 8.16. The van der Waals surface area contributed by atoms with E-state index in [1.54, 1.807) is 0 Å². The number of aromatic nitrogens is 3. The lowest BCUT2D eigenvalue weighted by atomic mass is 10.1. The van der Waals surface area contributed by atoms with E-state index in [9.17, 15) is 4.79 Å². The minimum absolute atomic E-state index is 0.262. The SMILES string of the molecule is Nc1ccc(CCc2n[nH]c(=O)[nH]2)cc1. The third-order valence-corrected chi connectivity index (χ3v) is 2.18. The van der Waals surface area contributed by atoms with Gasteiger partial charge in [-0.1, -0.05) is 12.1 Å². The number of anilines is 1. The van der Waals surface area contributed by atoms with Crippen LogP contribution in [0.15, 0.2) is 29.1 Å². The first-order chi connectivity index (χ1) is 7.24. The molecule has 0 aliphatic heterocycles. The highest BCUT2D eigenvalue weighted by atomic mass is 16.1. The number of nitrogen functional groups attached to an aromatic ring is 1. The van der Waals surface area contributed by atoms with Crippen molar-refractivity contribution in [1.82, 2.24) is 15.2 Å². The Labute approximate surface area is 86.3 Å². The van der Waals surface area contributed by atoms with E-state index < -0.39 is 0 Å². The molecule has 0 saturated heterocycles. The van der Waals surface area contributed by atoms with Crippen LogP contribution in [0.25, 0.3) is 0 Å². The Hall–Kier alpha value is -2.04. The van der Waals surface area contributed by atoms with E-state index in [1.807, 2.05) is 24.3 Å². The van der Waals surface area contributed by atoms with Gasteiger partial charge in [0.25, 0.3) is 0 Å². The summed E-state index contributed by atoms with van der Waals surface area (Å²) >= 11 is 0. The van der Waals surface area contributed by atoms with Gasteiger partial charge in [-0.05, 0) is 24.1 Å². The third-order valence-electron chi connectivity index (χ3n) is 2.18. The highest BCUT2D eigenvalue weighted by molar-refractivity contribution is 5.39. The highest BCUT2D eigenvalue weighted by Crippen LogP contribution is 2.07. The summed E-state index contributed by atoms with van der Waals surface area (Å²) in [6, 6.07) is 7.67. The molecule has 15 heavy (non-hydrogen) atoms. The number of hydrogen-bond donors (Lipinski definition) is 3. The molecule has 2 rings (SSSR count). The van der Waals surface area contributed by atoms with Crippen molar-refractivity contribution < 1.29 is 0 Å². The van der Waals surface area contributed by atoms with Crippen LogP contribution in [0.4, 0.5) is 5.69 Å². The minimum atomic E-state index is -0.262. The fourth-order valence-electron chi connectivity index (χ4n) is 1.37. The van der Waals surface area contributed by atoms with Crippen molar-refractivity contribution in [1.29, 1.82) is 0 Å². The summed E-state index contributed by atoms with van der Waals surface area (Å²) in [5.41, 5.74) is 7.24. The number of H-pyrrole nitrogens is 2. The van der Waals surface area contributed by atoms with Gasteiger partial charge in [-0.3, -0.25) is 4.98 Å². The molecule has 0 amide bonds. The van der Waals surface area contributed by atoms with Crippen LogP contribution in [-0.4, -0.2) is 15.2 Å². The number of nitrogens with one attached hydrogen (secondary N) is 2. The van der Waals surface area contributed by atoms with E-state index in [2.05, 4.69) is 15.2 Å². The zero-order chi connectivity index (χ0) is 10.7. The molecule has 0 fully saturated rings. The molecule has 1 heterocycles. The molecule has 2 aromatic rings. The summed E-state index contributed by atoms with van der Waals surface area (Å²) < 4.78 is 0. The van der Waals surface area contributed by atoms with Crippen molar-refractivity contribution in [3.63, 3.8) is 0 Å². The molecule has 5 nitrogen and oxygen atoms in total. The summed E-state index contributed by atoms with van der Waals surface area (Å²) in [6.45, 7) is 0. The summed E-state index contributed by atoms with van der Waals surface area (Å²) in [6.07, 6.45) is 1.55. The summed E-state index contributed by atoms with van der Waals surface area (Å²) in [5.74, 6) is 0.678. The normalized spacial score (nSPS) is 10.4. The van der Waals surface area contributed by atoms with E-state index in [0.717, 1.165) is 12.1 Å². The Morgan fingerprint density at radius 1 is 1.20 bits per heavy atom. The zero-order valence-electron chi connectivity index (χ0n) is 8.16. The number of aryl methyl sites for hydroxylation is 2. The maximum Gasteiger partial charge on any atom is 0.340 e. The third kappa shape index (κ3) is 2.46. The van der Waals surface area contributed by atoms with Crippen LogP contribution in [0.2, 0.25) is 0 Å². The first kappa shape index (κ1) is 9.51. The van der Waals surface area contributed by atoms with Gasteiger partial charge in [0.1, 0.15) is 5.82 Å². The molecule has 0 radical (unpaired) electrons. The average Bonchev–Trinajstić information content (AvgIpc) is 2.64. The van der Waals surface area contributed by atoms with Gasteiger partial charge in [0, 0.05) is 12.1 Å². The molecular formula is C10H12N4O. The molecule has 0 atom stereocenters. The maximum atomic E-state index is 10.8. The van der Waals surface area contributed by atoms with E-state index >= 15 is 0 Å². The lowest BCUT2D eigenvalue weighted by Gasteiger charge is -1.99. The highest BCUT2D eigenvalue weighted by Gasteiger charge is 1.99. The molecule has 1 aromatic heterocycles. The van der Waals surface area contributed by atoms with Crippen molar-refractivity contribution in [3.8, 4) is 0 Å². The van der Waals surface area contributed by atoms with Crippen molar-refractivity contribution in [3.05, 3.63) is 46.1 Å². The lowest BCUT2D eigenvalue weighted by molar-refractivity contribution is 0.865. The van der Waals surface area contributed by atoms with Crippen LogP contribution in [0, 0.1) is 0 Å². The minimum Gasteiger partial charge on any atom is -0.399 e. The predicted molar refractivity (Wildman–Crippen MR) is 57.5 cm³/mol. The van der Waals surface area contributed by atoms with Crippen LogP contribution in [0.3, 0.4) is 0 Å².